The first-order valence-electron chi connectivity index (χ1n) is 13.3. The van der Waals surface area contributed by atoms with Crippen LogP contribution in [0.25, 0.3) is 6.08 Å². The predicted octanol–water partition coefficient (Wildman–Crippen LogP) is 5.43. The maximum Gasteiger partial charge on any atom is 0.338 e. The van der Waals surface area contributed by atoms with Crippen molar-refractivity contribution in [2.45, 2.75) is 33.4 Å². The number of allylic oxidation sites excluding steroid dienone is 1. The first kappa shape index (κ1) is 28.4. The lowest BCUT2D eigenvalue weighted by atomic mass is 9.96. The van der Waals surface area contributed by atoms with Gasteiger partial charge in [0, 0.05) is 5.02 Å². The maximum atomic E-state index is 13.8. The van der Waals surface area contributed by atoms with Gasteiger partial charge in [-0.25, -0.2) is 9.79 Å². The highest BCUT2D eigenvalue weighted by molar-refractivity contribution is 7.07. The lowest BCUT2D eigenvalue weighted by molar-refractivity contribution is -0.139. The maximum absolute atomic E-state index is 13.8. The van der Waals surface area contributed by atoms with E-state index in [9.17, 15) is 9.59 Å². The fourth-order valence-electron chi connectivity index (χ4n) is 4.62. The van der Waals surface area contributed by atoms with Gasteiger partial charge in [-0.2, -0.15) is 0 Å². The molecule has 5 rings (SSSR count). The molecule has 0 fully saturated rings. The Morgan fingerprint density at radius 2 is 1.71 bits per heavy atom. The van der Waals surface area contributed by atoms with Gasteiger partial charge in [-0.05, 0) is 79.9 Å². The molecular formula is C32H29ClN2O5S. The number of carbonyl (C=O) groups is 1. The quantitative estimate of drug-likeness (QED) is 0.244. The van der Waals surface area contributed by atoms with Gasteiger partial charge in [-0.3, -0.25) is 9.36 Å². The Morgan fingerprint density at radius 3 is 2.39 bits per heavy atom. The number of hydrogen-bond acceptors (Lipinski definition) is 7. The number of carbonyl (C=O) groups excluding carboxylic acids is 1. The molecule has 0 unspecified atom stereocenters. The fraction of sp³-hybridized carbons (Fsp3) is 0.219. The minimum atomic E-state index is -0.676. The summed E-state index contributed by atoms with van der Waals surface area (Å²) in [7, 11) is 0. The molecule has 1 aliphatic heterocycles. The summed E-state index contributed by atoms with van der Waals surface area (Å²) in [6.45, 7) is 6.59. The number of aromatic nitrogens is 1. The Labute approximate surface area is 246 Å². The van der Waals surface area contributed by atoms with Crippen molar-refractivity contribution in [3.8, 4) is 11.5 Å². The molecule has 0 radical (unpaired) electrons. The third-order valence-corrected chi connectivity index (χ3v) is 7.71. The standard InChI is InChI=1S/C32H29ClN2O5S/c1-4-38-25-15-11-23(12-16-25)29-28(31(37)39-5-2)20(3)34-32-35(29)30(36)27(41-32)18-21-9-13-26(14-10-21)40-19-22-7-6-8-24(33)17-22/h6-18,29H,4-5,19H2,1-3H3/b27-18-/t29-/m0/s1. The second-order valence-corrected chi connectivity index (χ2v) is 10.7. The highest BCUT2D eigenvalue weighted by Gasteiger charge is 2.33. The van der Waals surface area contributed by atoms with Crippen LogP contribution in [0.3, 0.4) is 0 Å². The number of hydrogen-bond donors (Lipinski definition) is 0. The number of thiazole rings is 1. The molecule has 3 aromatic carbocycles. The number of rotatable bonds is 9. The number of fused-ring (bicyclic) bond motifs is 1. The van der Waals surface area contributed by atoms with Gasteiger partial charge in [0.25, 0.3) is 5.56 Å². The van der Waals surface area contributed by atoms with Crippen LogP contribution in [0.5, 0.6) is 11.5 Å². The molecule has 0 spiro atoms. The third-order valence-electron chi connectivity index (χ3n) is 6.50. The van der Waals surface area contributed by atoms with Crippen LogP contribution < -0.4 is 24.4 Å². The summed E-state index contributed by atoms with van der Waals surface area (Å²) >= 11 is 7.34. The van der Waals surface area contributed by atoms with Crippen molar-refractivity contribution in [3.05, 3.63) is 125 Å². The summed E-state index contributed by atoms with van der Waals surface area (Å²) in [5, 5.41) is 0.664. The van der Waals surface area contributed by atoms with Crippen LogP contribution in [0.2, 0.25) is 5.02 Å². The van der Waals surface area contributed by atoms with E-state index in [1.807, 2.05) is 85.8 Å². The Balaban J connectivity index is 1.49. The van der Waals surface area contributed by atoms with E-state index in [-0.39, 0.29) is 12.2 Å². The van der Waals surface area contributed by atoms with Crippen molar-refractivity contribution in [2.24, 2.45) is 4.99 Å². The molecular weight excluding hydrogens is 560 g/mol. The minimum absolute atomic E-state index is 0.217. The average Bonchev–Trinajstić information content (AvgIpc) is 3.26. The summed E-state index contributed by atoms with van der Waals surface area (Å²) in [6.07, 6.45) is 1.82. The van der Waals surface area contributed by atoms with Gasteiger partial charge >= 0.3 is 5.97 Å². The molecule has 0 aliphatic carbocycles. The first-order chi connectivity index (χ1) is 19.9. The monoisotopic (exact) mass is 588 g/mol. The highest BCUT2D eigenvalue weighted by Crippen LogP contribution is 2.31. The summed E-state index contributed by atoms with van der Waals surface area (Å²) in [4.78, 5) is 32.0. The molecule has 9 heteroatoms. The van der Waals surface area contributed by atoms with E-state index in [4.69, 9.17) is 25.8 Å². The molecule has 4 aromatic rings. The van der Waals surface area contributed by atoms with Gasteiger partial charge in [0.15, 0.2) is 4.80 Å². The summed E-state index contributed by atoms with van der Waals surface area (Å²) in [6, 6.07) is 21.8. The van der Waals surface area contributed by atoms with Crippen molar-refractivity contribution < 1.29 is 19.0 Å². The molecule has 2 heterocycles. The molecule has 1 atom stereocenters. The predicted molar refractivity (Wildman–Crippen MR) is 160 cm³/mol. The molecule has 7 nitrogen and oxygen atoms in total. The zero-order chi connectivity index (χ0) is 28.9. The number of halogens is 1. The van der Waals surface area contributed by atoms with Gasteiger partial charge in [0.1, 0.15) is 18.1 Å². The lowest BCUT2D eigenvalue weighted by Gasteiger charge is -2.24. The molecule has 0 saturated heterocycles. The van der Waals surface area contributed by atoms with Crippen LogP contribution in [0.15, 0.2) is 93.9 Å². The molecule has 210 valence electrons. The molecule has 0 amide bonds. The summed E-state index contributed by atoms with van der Waals surface area (Å²) < 4.78 is 18.9. The Bertz CT molecular complexity index is 1770. The Kier molecular flexibility index (Phi) is 8.71. The van der Waals surface area contributed by atoms with Crippen LogP contribution in [0, 0.1) is 0 Å². The number of esters is 1. The fourth-order valence-corrected chi connectivity index (χ4v) is 5.88. The van der Waals surface area contributed by atoms with Gasteiger partial charge in [-0.1, -0.05) is 59.3 Å². The molecule has 0 bridgehead atoms. The Morgan fingerprint density at radius 1 is 1.00 bits per heavy atom. The van der Waals surface area contributed by atoms with Gasteiger partial charge < -0.3 is 14.2 Å². The second kappa shape index (κ2) is 12.6. The smallest absolute Gasteiger partial charge is 0.338 e. The molecule has 1 aromatic heterocycles. The third kappa shape index (κ3) is 6.29. The molecule has 0 saturated carbocycles. The van der Waals surface area contributed by atoms with E-state index in [0.29, 0.717) is 50.3 Å². The SMILES string of the molecule is CCOC(=O)C1=C(C)N=c2s/c(=C\c3ccc(OCc4cccc(Cl)c4)cc3)c(=O)n2[C@H]1c1ccc(OCC)cc1. The van der Waals surface area contributed by atoms with Crippen LogP contribution >= 0.6 is 22.9 Å². The summed E-state index contributed by atoms with van der Waals surface area (Å²) in [5.74, 6) is 0.922. The number of nitrogens with zero attached hydrogens (tertiary/aromatic N) is 2. The highest BCUT2D eigenvalue weighted by atomic mass is 35.5. The van der Waals surface area contributed by atoms with Gasteiger partial charge in [-0.15, -0.1) is 0 Å². The largest absolute Gasteiger partial charge is 0.494 e. The topological polar surface area (TPSA) is 79.1 Å². The van der Waals surface area contributed by atoms with E-state index in [1.54, 1.807) is 18.4 Å². The minimum Gasteiger partial charge on any atom is -0.494 e. The van der Waals surface area contributed by atoms with Crippen LogP contribution in [0.4, 0.5) is 0 Å². The first-order valence-corrected chi connectivity index (χ1v) is 14.5. The molecule has 41 heavy (non-hydrogen) atoms. The molecule has 0 N–H and O–H groups in total. The van der Waals surface area contributed by atoms with Crippen LogP contribution in [0.1, 0.15) is 43.5 Å². The van der Waals surface area contributed by atoms with Crippen molar-refractivity contribution in [1.82, 2.24) is 4.57 Å². The van der Waals surface area contributed by atoms with E-state index in [0.717, 1.165) is 16.7 Å². The van der Waals surface area contributed by atoms with E-state index >= 15 is 0 Å². The van der Waals surface area contributed by atoms with E-state index < -0.39 is 12.0 Å². The Hall–Kier alpha value is -4.14. The number of benzene rings is 3. The second-order valence-electron chi connectivity index (χ2n) is 9.29. The lowest BCUT2D eigenvalue weighted by Crippen LogP contribution is -2.39. The number of ether oxygens (including phenoxy) is 3. The zero-order valence-corrected chi connectivity index (χ0v) is 24.5. The van der Waals surface area contributed by atoms with E-state index in [1.165, 1.54) is 11.3 Å². The van der Waals surface area contributed by atoms with Gasteiger partial charge in [0.2, 0.25) is 0 Å². The normalized spacial score (nSPS) is 14.8. The van der Waals surface area contributed by atoms with Crippen molar-refractivity contribution in [2.75, 3.05) is 13.2 Å². The van der Waals surface area contributed by atoms with E-state index in [2.05, 4.69) is 4.99 Å². The van der Waals surface area contributed by atoms with Crippen LogP contribution in [-0.4, -0.2) is 23.8 Å². The average molecular weight is 589 g/mol. The summed E-state index contributed by atoms with van der Waals surface area (Å²) in [5.41, 5.74) is 3.21. The van der Waals surface area contributed by atoms with Crippen molar-refractivity contribution >= 4 is 35.0 Å². The van der Waals surface area contributed by atoms with Gasteiger partial charge in [0.05, 0.1) is 35.1 Å². The van der Waals surface area contributed by atoms with Crippen LogP contribution in [-0.2, 0) is 16.1 Å². The van der Waals surface area contributed by atoms with Crippen molar-refractivity contribution in [1.29, 1.82) is 0 Å². The van der Waals surface area contributed by atoms with Crippen molar-refractivity contribution in [3.63, 3.8) is 0 Å². The zero-order valence-electron chi connectivity index (χ0n) is 22.9. The molecule has 1 aliphatic rings.